The molecule has 0 bridgehead atoms. The van der Waals surface area contributed by atoms with Crippen LogP contribution in [0.25, 0.3) is 0 Å². The van der Waals surface area contributed by atoms with Crippen LogP contribution in [0, 0.1) is 10.1 Å². The summed E-state index contributed by atoms with van der Waals surface area (Å²) in [5.74, 6) is 0.683. The van der Waals surface area contributed by atoms with Gasteiger partial charge in [-0.25, -0.2) is 4.98 Å². The van der Waals surface area contributed by atoms with Gasteiger partial charge in [-0.15, -0.1) is 0 Å². The maximum absolute atomic E-state index is 11.3. The van der Waals surface area contributed by atoms with E-state index in [2.05, 4.69) is 15.3 Å². The average Bonchev–Trinajstić information content (AvgIpc) is 2.46. The summed E-state index contributed by atoms with van der Waals surface area (Å²) < 4.78 is 10.3. The minimum absolute atomic E-state index is 0.0188. The lowest BCUT2D eigenvalue weighted by Crippen LogP contribution is -2.18. The minimum atomic E-state index is -0.522. The number of ether oxygens (including phenoxy) is 2. The van der Waals surface area contributed by atoms with Gasteiger partial charge in [0.25, 0.3) is 5.88 Å². The average molecular weight is 298 g/mol. The molecule has 0 aliphatic heterocycles. The van der Waals surface area contributed by atoms with Crippen molar-refractivity contribution in [3.8, 4) is 5.88 Å². The number of aryl methyl sites for hydroxylation is 1. The maximum atomic E-state index is 11.3. The van der Waals surface area contributed by atoms with E-state index in [9.17, 15) is 10.1 Å². The van der Waals surface area contributed by atoms with Crippen LogP contribution in [-0.2, 0) is 11.2 Å². The molecule has 8 heteroatoms. The van der Waals surface area contributed by atoms with Crippen molar-refractivity contribution in [2.24, 2.45) is 0 Å². The molecule has 1 rings (SSSR count). The first-order valence-electron chi connectivity index (χ1n) is 6.96. The van der Waals surface area contributed by atoms with E-state index in [0.29, 0.717) is 18.9 Å². The van der Waals surface area contributed by atoms with Crippen molar-refractivity contribution in [3.05, 3.63) is 15.9 Å². The monoisotopic (exact) mass is 298 g/mol. The number of rotatable bonds is 9. The zero-order valence-corrected chi connectivity index (χ0v) is 12.9. The van der Waals surface area contributed by atoms with Crippen LogP contribution < -0.4 is 10.1 Å². The van der Waals surface area contributed by atoms with Crippen molar-refractivity contribution >= 4 is 11.5 Å². The van der Waals surface area contributed by atoms with Gasteiger partial charge in [-0.1, -0.05) is 13.8 Å². The molecule has 1 aromatic heterocycles. The fourth-order valence-corrected chi connectivity index (χ4v) is 1.56. The molecule has 1 unspecified atom stereocenters. The SMILES string of the molecule is CCc1nc(NC(C)CC)c([N+](=O)[O-])c(OCCOC)n1. The van der Waals surface area contributed by atoms with Crippen LogP contribution in [0.1, 0.15) is 33.0 Å². The predicted molar refractivity (Wildman–Crippen MR) is 78.8 cm³/mol. The highest BCUT2D eigenvalue weighted by Crippen LogP contribution is 2.32. The zero-order chi connectivity index (χ0) is 15.8. The number of hydrogen-bond acceptors (Lipinski definition) is 7. The molecular weight excluding hydrogens is 276 g/mol. The molecule has 1 heterocycles. The highest BCUT2D eigenvalue weighted by atomic mass is 16.6. The molecule has 1 N–H and O–H groups in total. The van der Waals surface area contributed by atoms with Gasteiger partial charge in [0.05, 0.1) is 11.5 Å². The zero-order valence-electron chi connectivity index (χ0n) is 12.9. The van der Waals surface area contributed by atoms with Crippen LogP contribution in [-0.4, -0.2) is 41.3 Å². The molecule has 21 heavy (non-hydrogen) atoms. The van der Waals surface area contributed by atoms with Crippen LogP contribution in [0.5, 0.6) is 5.88 Å². The molecule has 0 spiro atoms. The summed E-state index contributed by atoms with van der Waals surface area (Å²) in [6.07, 6.45) is 1.39. The van der Waals surface area contributed by atoms with Crippen molar-refractivity contribution in [1.82, 2.24) is 9.97 Å². The summed E-state index contributed by atoms with van der Waals surface area (Å²) >= 11 is 0. The second-order valence-corrected chi connectivity index (χ2v) is 4.55. The summed E-state index contributed by atoms with van der Waals surface area (Å²) in [6.45, 7) is 6.33. The number of nitrogens with zero attached hydrogens (tertiary/aromatic N) is 3. The third kappa shape index (κ3) is 4.82. The van der Waals surface area contributed by atoms with E-state index in [-0.39, 0.29) is 30.0 Å². The highest BCUT2D eigenvalue weighted by Gasteiger charge is 2.26. The Labute approximate surface area is 124 Å². The predicted octanol–water partition coefficient (Wildman–Crippen LogP) is 2.18. The van der Waals surface area contributed by atoms with E-state index < -0.39 is 4.92 Å². The summed E-state index contributed by atoms with van der Waals surface area (Å²) in [7, 11) is 1.53. The molecule has 0 radical (unpaired) electrons. The number of aromatic nitrogens is 2. The van der Waals surface area contributed by atoms with Gasteiger partial charge in [0.15, 0.2) is 0 Å². The standard InChI is InChI=1S/C13H22N4O4/c1-5-9(3)14-12-11(17(18)19)13(21-8-7-20-4)16-10(6-2)15-12/h9H,5-8H2,1-4H3,(H,14,15,16). The first-order chi connectivity index (χ1) is 10.0. The third-order valence-electron chi connectivity index (χ3n) is 2.92. The molecule has 0 aliphatic rings. The van der Waals surface area contributed by atoms with E-state index in [4.69, 9.17) is 9.47 Å². The first-order valence-corrected chi connectivity index (χ1v) is 6.96. The Bertz CT molecular complexity index is 481. The molecule has 0 saturated heterocycles. The van der Waals surface area contributed by atoms with Crippen molar-refractivity contribution in [2.45, 2.75) is 39.7 Å². The normalized spacial score (nSPS) is 12.0. The van der Waals surface area contributed by atoms with Gasteiger partial charge in [-0.2, -0.15) is 4.98 Å². The van der Waals surface area contributed by atoms with Crippen molar-refractivity contribution < 1.29 is 14.4 Å². The molecule has 0 fully saturated rings. The van der Waals surface area contributed by atoms with Gasteiger partial charge in [-0.3, -0.25) is 10.1 Å². The molecule has 1 aromatic rings. The summed E-state index contributed by atoms with van der Waals surface area (Å²) in [6, 6.07) is 0.0649. The van der Waals surface area contributed by atoms with E-state index in [1.165, 1.54) is 7.11 Å². The molecule has 1 atom stereocenters. The van der Waals surface area contributed by atoms with Crippen molar-refractivity contribution in [1.29, 1.82) is 0 Å². The Hall–Kier alpha value is -1.96. The smallest absolute Gasteiger partial charge is 0.372 e. The van der Waals surface area contributed by atoms with Gasteiger partial charge in [0, 0.05) is 19.6 Å². The molecule has 0 aliphatic carbocycles. The van der Waals surface area contributed by atoms with Crippen LogP contribution in [0.2, 0.25) is 0 Å². The first kappa shape index (κ1) is 17.1. The number of hydrogen-bond donors (Lipinski definition) is 1. The number of nitro groups is 1. The molecule has 118 valence electrons. The Morgan fingerprint density at radius 2 is 2.05 bits per heavy atom. The Morgan fingerprint density at radius 1 is 1.33 bits per heavy atom. The molecule has 8 nitrogen and oxygen atoms in total. The van der Waals surface area contributed by atoms with Crippen LogP contribution in [0.4, 0.5) is 11.5 Å². The Kier molecular flexibility index (Phi) is 6.80. The van der Waals surface area contributed by atoms with E-state index >= 15 is 0 Å². The van der Waals surface area contributed by atoms with Gasteiger partial charge in [-0.05, 0) is 13.3 Å². The van der Waals surface area contributed by atoms with Crippen molar-refractivity contribution in [3.63, 3.8) is 0 Å². The van der Waals surface area contributed by atoms with Gasteiger partial charge in [0.2, 0.25) is 5.82 Å². The fraction of sp³-hybridized carbons (Fsp3) is 0.692. The van der Waals surface area contributed by atoms with Gasteiger partial charge >= 0.3 is 5.69 Å². The maximum Gasteiger partial charge on any atom is 0.372 e. The largest absolute Gasteiger partial charge is 0.470 e. The lowest BCUT2D eigenvalue weighted by molar-refractivity contribution is -0.385. The molecule has 0 amide bonds. The second-order valence-electron chi connectivity index (χ2n) is 4.55. The van der Waals surface area contributed by atoms with Crippen molar-refractivity contribution in [2.75, 3.05) is 25.6 Å². The summed E-state index contributed by atoms with van der Waals surface area (Å²) in [5.41, 5.74) is -0.233. The number of anilines is 1. The topological polar surface area (TPSA) is 99.4 Å². The third-order valence-corrected chi connectivity index (χ3v) is 2.92. The molecular formula is C13H22N4O4. The van der Waals surface area contributed by atoms with Crippen LogP contribution in [0.15, 0.2) is 0 Å². The number of nitrogens with one attached hydrogen (secondary N) is 1. The fourth-order valence-electron chi connectivity index (χ4n) is 1.56. The highest BCUT2D eigenvalue weighted by molar-refractivity contribution is 5.62. The molecule has 0 aromatic carbocycles. The Morgan fingerprint density at radius 3 is 2.57 bits per heavy atom. The van der Waals surface area contributed by atoms with E-state index in [0.717, 1.165) is 6.42 Å². The lowest BCUT2D eigenvalue weighted by Gasteiger charge is -2.14. The minimum Gasteiger partial charge on any atom is -0.470 e. The number of methoxy groups -OCH3 is 1. The summed E-state index contributed by atoms with van der Waals surface area (Å²) in [4.78, 5) is 19.1. The summed E-state index contributed by atoms with van der Waals surface area (Å²) in [5, 5.41) is 14.4. The van der Waals surface area contributed by atoms with E-state index in [1.54, 1.807) is 0 Å². The van der Waals surface area contributed by atoms with Gasteiger partial charge < -0.3 is 14.8 Å². The van der Waals surface area contributed by atoms with E-state index in [1.807, 2.05) is 20.8 Å². The Balaban J connectivity index is 3.18. The van der Waals surface area contributed by atoms with Gasteiger partial charge in [0.1, 0.15) is 12.4 Å². The second kappa shape index (κ2) is 8.35. The van der Waals surface area contributed by atoms with Crippen LogP contribution >= 0.6 is 0 Å². The van der Waals surface area contributed by atoms with Crippen LogP contribution in [0.3, 0.4) is 0 Å². The molecule has 0 saturated carbocycles. The quantitative estimate of drug-likeness (QED) is 0.423. The lowest BCUT2D eigenvalue weighted by atomic mass is 10.2.